The molecule has 0 aliphatic carbocycles. The van der Waals surface area contributed by atoms with Crippen molar-refractivity contribution in [2.45, 2.75) is 20.4 Å². The van der Waals surface area contributed by atoms with Gasteiger partial charge in [-0.3, -0.25) is 0 Å². The van der Waals surface area contributed by atoms with Crippen molar-refractivity contribution >= 4 is 0 Å². The summed E-state index contributed by atoms with van der Waals surface area (Å²) in [6, 6.07) is 6.47. The molecule has 1 N–H and O–H groups in total. The molecular formula is C10H16FN. The molecule has 0 amide bonds. The normalized spacial score (nSPS) is 8.67. The van der Waals surface area contributed by atoms with E-state index in [0.29, 0.717) is 0 Å². The van der Waals surface area contributed by atoms with Crippen molar-refractivity contribution in [3.05, 3.63) is 35.6 Å². The number of benzene rings is 1. The van der Waals surface area contributed by atoms with Crippen LogP contribution in [-0.4, -0.2) is 7.05 Å². The predicted molar refractivity (Wildman–Crippen MR) is 50.5 cm³/mol. The zero-order chi connectivity index (χ0) is 9.40. The van der Waals surface area contributed by atoms with Gasteiger partial charge in [0.05, 0.1) is 0 Å². The minimum atomic E-state index is -0.181. The van der Waals surface area contributed by atoms with Gasteiger partial charge in [-0.1, -0.05) is 26.0 Å². The zero-order valence-electron chi connectivity index (χ0n) is 7.89. The van der Waals surface area contributed by atoms with Gasteiger partial charge in [0, 0.05) is 6.54 Å². The first kappa shape index (κ1) is 11.1. The zero-order valence-corrected chi connectivity index (χ0v) is 7.89. The molecule has 0 bridgehead atoms. The van der Waals surface area contributed by atoms with Crippen LogP contribution in [-0.2, 0) is 6.54 Å². The predicted octanol–water partition coefficient (Wildman–Crippen LogP) is 2.57. The molecule has 0 radical (unpaired) electrons. The van der Waals surface area contributed by atoms with Gasteiger partial charge in [-0.15, -0.1) is 0 Å². The second-order valence-electron chi connectivity index (χ2n) is 2.16. The number of halogens is 1. The molecule has 0 saturated heterocycles. The molecule has 2 heteroatoms. The van der Waals surface area contributed by atoms with Gasteiger partial charge in [0.15, 0.2) is 0 Å². The molecule has 1 aromatic rings. The van der Waals surface area contributed by atoms with Gasteiger partial charge in [-0.2, -0.15) is 0 Å². The summed E-state index contributed by atoms with van der Waals surface area (Å²) in [5.41, 5.74) is 1.10. The molecule has 0 saturated carbocycles. The first-order chi connectivity index (χ1) is 5.83. The Morgan fingerprint density at radius 2 is 1.67 bits per heavy atom. The number of nitrogens with one attached hydrogen (secondary N) is 1. The van der Waals surface area contributed by atoms with Crippen molar-refractivity contribution in [2.75, 3.05) is 7.05 Å². The van der Waals surface area contributed by atoms with Gasteiger partial charge in [0.1, 0.15) is 5.82 Å². The molecule has 68 valence electrons. The third-order valence-electron chi connectivity index (χ3n) is 1.29. The summed E-state index contributed by atoms with van der Waals surface area (Å²) in [5.74, 6) is -0.181. The van der Waals surface area contributed by atoms with Crippen LogP contribution in [0.5, 0.6) is 0 Å². The molecular weight excluding hydrogens is 153 g/mol. The lowest BCUT2D eigenvalue weighted by molar-refractivity contribution is 0.626. The lowest BCUT2D eigenvalue weighted by Gasteiger charge is -1.97. The highest BCUT2D eigenvalue weighted by Gasteiger charge is 1.89. The minimum absolute atomic E-state index is 0.181. The van der Waals surface area contributed by atoms with Crippen molar-refractivity contribution in [3.63, 3.8) is 0 Å². The van der Waals surface area contributed by atoms with E-state index in [1.54, 1.807) is 12.1 Å². The van der Waals surface area contributed by atoms with Crippen LogP contribution < -0.4 is 5.32 Å². The fourth-order valence-electron chi connectivity index (χ4n) is 0.806. The highest BCUT2D eigenvalue weighted by atomic mass is 19.1. The Hall–Kier alpha value is -0.890. The van der Waals surface area contributed by atoms with Crippen LogP contribution in [0.2, 0.25) is 0 Å². The maximum absolute atomic E-state index is 12.3. The van der Waals surface area contributed by atoms with Crippen LogP contribution in [0.1, 0.15) is 19.4 Å². The summed E-state index contributed by atoms with van der Waals surface area (Å²) < 4.78 is 12.3. The highest BCUT2D eigenvalue weighted by molar-refractivity contribution is 5.15. The molecule has 0 heterocycles. The third-order valence-corrected chi connectivity index (χ3v) is 1.29. The quantitative estimate of drug-likeness (QED) is 0.717. The number of hydrogen-bond acceptors (Lipinski definition) is 1. The van der Waals surface area contributed by atoms with E-state index in [4.69, 9.17) is 0 Å². The van der Waals surface area contributed by atoms with Gasteiger partial charge in [-0.25, -0.2) is 4.39 Å². The molecule has 0 aliphatic heterocycles. The fraction of sp³-hybridized carbons (Fsp3) is 0.400. The van der Waals surface area contributed by atoms with Gasteiger partial charge in [0.2, 0.25) is 0 Å². The molecule has 0 fully saturated rings. The maximum atomic E-state index is 12.3. The molecule has 0 spiro atoms. The van der Waals surface area contributed by atoms with Crippen LogP contribution in [0, 0.1) is 5.82 Å². The summed E-state index contributed by atoms with van der Waals surface area (Å²) in [4.78, 5) is 0. The first-order valence-corrected chi connectivity index (χ1v) is 4.22. The molecule has 1 nitrogen and oxygen atoms in total. The highest BCUT2D eigenvalue weighted by Crippen LogP contribution is 2.01. The monoisotopic (exact) mass is 169 g/mol. The Bertz CT molecular complexity index is 193. The van der Waals surface area contributed by atoms with Crippen molar-refractivity contribution in [2.24, 2.45) is 0 Å². The van der Waals surface area contributed by atoms with E-state index in [9.17, 15) is 4.39 Å². The summed E-state index contributed by atoms with van der Waals surface area (Å²) in [6.45, 7) is 4.79. The lowest BCUT2D eigenvalue weighted by Crippen LogP contribution is -2.04. The van der Waals surface area contributed by atoms with E-state index >= 15 is 0 Å². The molecule has 0 atom stereocenters. The Balaban J connectivity index is 0.000000561. The third kappa shape index (κ3) is 4.09. The maximum Gasteiger partial charge on any atom is 0.123 e. The van der Waals surface area contributed by atoms with Gasteiger partial charge >= 0.3 is 0 Å². The average Bonchev–Trinajstić information content (AvgIpc) is 2.13. The van der Waals surface area contributed by atoms with Crippen LogP contribution in [0.3, 0.4) is 0 Å². The Morgan fingerprint density at radius 1 is 1.17 bits per heavy atom. The second kappa shape index (κ2) is 6.80. The number of hydrogen-bond donors (Lipinski definition) is 1. The number of rotatable bonds is 2. The fourth-order valence-corrected chi connectivity index (χ4v) is 0.806. The summed E-state index contributed by atoms with van der Waals surface area (Å²) >= 11 is 0. The van der Waals surface area contributed by atoms with Gasteiger partial charge in [-0.05, 0) is 24.7 Å². The topological polar surface area (TPSA) is 12.0 Å². The van der Waals surface area contributed by atoms with Gasteiger partial charge < -0.3 is 5.32 Å². The largest absolute Gasteiger partial charge is 0.316 e. The molecule has 1 rings (SSSR count). The minimum Gasteiger partial charge on any atom is -0.316 e. The smallest absolute Gasteiger partial charge is 0.123 e. The molecule has 12 heavy (non-hydrogen) atoms. The van der Waals surface area contributed by atoms with Crippen molar-refractivity contribution in [1.82, 2.24) is 5.32 Å². The van der Waals surface area contributed by atoms with Crippen LogP contribution >= 0.6 is 0 Å². The second-order valence-corrected chi connectivity index (χ2v) is 2.16. The van der Waals surface area contributed by atoms with Gasteiger partial charge in [0.25, 0.3) is 0 Å². The van der Waals surface area contributed by atoms with Crippen LogP contribution in [0.4, 0.5) is 4.39 Å². The van der Waals surface area contributed by atoms with Crippen LogP contribution in [0.15, 0.2) is 24.3 Å². The van der Waals surface area contributed by atoms with E-state index in [1.807, 2.05) is 20.9 Å². The Morgan fingerprint density at radius 3 is 2.08 bits per heavy atom. The summed E-state index contributed by atoms with van der Waals surface area (Å²) in [5, 5.41) is 2.98. The lowest BCUT2D eigenvalue weighted by atomic mass is 10.2. The van der Waals surface area contributed by atoms with E-state index in [2.05, 4.69) is 5.32 Å². The van der Waals surface area contributed by atoms with E-state index in [0.717, 1.165) is 12.1 Å². The molecule has 0 aliphatic rings. The SMILES string of the molecule is CC.CNCc1ccc(F)cc1. The first-order valence-electron chi connectivity index (χ1n) is 4.22. The van der Waals surface area contributed by atoms with Crippen molar-refractivity contribution in [1.29, 1.82) is 0 Å². The summed E-state index contributed by atoms with van der Waals surface area (Å²) in [6.07, 6.45) is 0. The van der Waals surface area contributed by atoms with Crippen molar-refractivity contribution in [3.8, 4) is 0 Å². The molecule has 0 aromatic heterocycles. The average molecular weight is 169 g/mol. The van der Waals surface area contributed by atoms with Crippen LogP contribution in [0.25, 0.3) is 0 Å². The Labute approximate surface area is 73.6 Å². The van der Waals surface area contributed by atoms with E-state index in [-0.39, 0.29) is 5.82 Å². The molecule has 1 aromatic carbocycles. The Kier molecular flexibility index (Phi) is 6.29. The summed E-state index contributed by atoms with van der Waals surface area (Å²) in [7, 11) is 1.86. The standard InChI is InChI=1S/C8H10FN.C2H6/c1-10-6-7-2-4-8(9)5-3-7;1-2/h2-5,10H,6H2,1H3;1-2H3. The van der Waals surface area contributed by atoms with E-state index < -0.39 is 0 Å². The van der Waals surface area contributed by atoms with E-state index in [1.165, 1.54) is 12.1 Å². The molecule has 0 unspecified atom stereocenters. The van der Waals surface area contributed by atoms with Crippen molar-refractivity contribution < 1.29 is 4.39 Å².